The predicted molar refractivity (Wildman–Crippen MR) is 85.3 cm³/mol. The third-order valence-corrected chi connectivity index (χ3v) is 3.73. The van der Waals surface area contributed by atoms with Crippen molar-refractivity contribution in [1.82, 2.24) is 4.57 Å². The largest absolute Gasteiger partial charge is 0.320 e. The molecule has 2 aromatic rings. The van der Waals surface area contributed by atoms with E-state index in [0.717, 1.165) is 17.8 Å². The van der Waals surface area contributed by atoms with Crippen molar-refractivity contribution in [1.29, 1.82) is 0 Å². The van der Waals surface area contributed by atoms with Gasteiger partial charge in [-0.3, -0.25) is 9.59 Å². The van der Waals surface area contributed by atoms with Crippen LogP contribution in [0.5, 0.6) is 0 Å². The van der Waals surface area contributed by atoms with Crippen LogP contribution in [0, 0.1) is 6.92 Å². The number of pyridine rings is 1. The molecule has 0 N–H and O–H groups in total. The fourth-order valence-electron chi connectivity index (χ4n) is 2.40. The summed E-state index contributed by atoms with van der Waals surface area (Å²) >= 11 is 5.37. The maximum absolute atomic E-state index is 12.0. The molecule has 0 aliphatic rings. The van der Waals surface area contributed by atoms with Crippen LogP contribution in [0.15, 0.2) is 41.3 Å². The van der Waals surface area contributed by atoms with E-state index in [2.05, 4.69) is 13.0 Å². The van der Waals surface area contributed by atoms with Gasteiger partial charge in [-0.1, -0.05) is 25.1 Å². The lowest BCUT2D eigenvalue weighted by Crippen LogP contribution is -2.15. The number of rotatable bonds is 5. The highest BCUT2D eigenvalue weighted by Gasteiger charge is 2.09. The maximum atomic E-state index is 12.0. The van der Waals surface area contributed by atoms with Gasteiger partial charge >= 0.3 is 0 Å². The Hall–Kier alpha value is -1.87. The Bertz CT molecular complexity index is 719. The van der Waals surface area contributed by atoms with Crippen LogP contribution < -0.4 is 5.43 Å². The fourth-order valence-corrected chi connectivity index (χ4v) is 2.49. The molecule has 3 nitrogen and oxygen atoms in total. The summed E-state index contributed by atoms with van der Waals surface area (Å²) in [7, 11) is 0. The van der Waals surface area contributed by atoms with E-state index in [1.807, 2.05) is 35.9 Å². The van der Waals surface area contributed by atoms with Crippen molar-refractivity contribution >= 4 is 16.8 Å². The summed E-state index contributed by atoms with van der Waals surface area (Å²) in [4.78, 5) is 22.9. The zero-order valence-corrected chi connectivity index (χ0v) is 13.0. The first-order chi connectivity index (χ1) is 10.0. The molecule has 0 atom stereocenters. The number of aryl methyl sites for hydroxylation is 3. The Labute approximate surface area is 129 Å². The molecule has 0 spiro atoms. The number of nitrogens with zero attached hydrogens (tertiary/aromatic N) is 1. The van der Waals surface area contributed by atoms with Crippen molar-refractivity contribution in [2.24, 2.45) is 0 Å². The van der Waals surface area contributed by atoms with E-state index in [-0.39, 0.29) is 11.8 Å². The Balaban J connectivity index is 2.51. The summed E-state index contributed by atoms with van der Waals surface area (Å²) in [6, 6.07) is 9.71. The molecule has 0 aliphatic heterocycles. The predicted octanol–water partition coefficient (Wildman–Crippen LogP) is 3.41. The summed E-state index contributed by atoms with van der Waals surface area (Å²) in [5.74, 6) is 0. The highest BCUT2D eigenvalue weighted by atomic mass is 35.5. The SMILES string of the molecule is CCc1ccccc1-n1cc(CCC(=O)Cl)c(=O)cc1C. The third-order valence-electron chi connectivity index (χ3n) is 3.54. The van der Waals surface area contributed by atoms with Gasteiger partial charge in [0.25, 0.3) is 0 Å². The third kappa shape index (κ3) is 3.61. The minimum Gasteiger partial charge on any atom is -0.320 e. The van der Waals surface area contributed by atoms with E-state index < -0.39 is 5.24 Å². The first-order valence-electron chi connectivity index (χ1n) is 7.01. The van der Waals surface area contributed by atoms with Gasteiger partial charge in [0.2, 0.25) is 5.24 Å². The molecular formula is C17H18ClNO2. The molecule has 0 saturated carbocycles. The number of para-hydroxylation sites is 1. The molecule has 0 unspecified atom stereocenters. The normalized spacial score (nSPS) is 10.6. The minimum atomic E-state index is -0.421. The molecule has 0 amide bonds. The van der Waals surface area contributed by atoms with E-state index in [1.54, 1.807) is 6.07 Å². The number of hydrogen-bond donors (Lipinski definition) is 0. The minimum absolute atomic E-state index is 0.0457. The Morgan fingerprint density at radius 2 is 1.95 bits per heavy atom. The molecule has 110 valence electrons. The van der Waals surface area contributed by atoms with Crippen LogP contribution in [0.4, 0.5) is 0 Å². The van der Waals surface area contributed by atoms with E-state index in [1.165, 1.54) is 5.56 Å². The van der Waals surface area contributed by atoms with Gasteiger partial charge in [-0.05, 0) is 43.0 Å². The van der Waals surface area contributed by atoms with Gasteiger partial charge in [0.1, 0.15) is 0 Å². The second-order valence-electron chi connectivity index (χ2n) is 5.01. The smallest absolute Gasteiger partial charge is 0.221 e. The molecule has 0 fully saturated rings. The van der Waals surface area contributed by atoms with Crippen LogP contribution in [0.1, 0.15) is 30.2 Å². The summed E-state index contributed by atoms with van der Waals surface area (Å²) in [5.41, 5.74) is 3.72. The second kappa shape index (κ2) is 6.72. The van der Waals surface area contributed by atoms with Crippen LogP contribution >= 0.6 is 11.6 Å². The Kier molecular flexibility index (Phi) is 4.97. The molecule has 0 aliphatic carbocycles. The van der Waals surface area contributed by atoms with Crippen molar-refractivity contribution < 1.29 is 4.79 Å². The average Bonchev–Trinajstić information content (AvgIpc) is 2.46. The van der Waals surface area contributed by atoms with Crippen LogP contribution in [0.3, 0.4) is 0 Å². The number of carbonyl (C=O) groups excluding carboxylic acids is 1. The maximum Gasteiger partial charge on any atom is 0.221 e. The number of carbonyl (C=O) groups is 1. The average molecular weight is 304 g/mol. The first-order valence-corrected chi connectivity index (χ1v) is 7.39. The van der Waals surface area contributed by atoms with Gasteiger partial charge in [-0.25, -0.2) is 0 Å². The van der Waals surface area contributed by atoms with Gasteiger partial charge in [0.05, 0.1) is 0 Å². The molecule has 0 saturated heterocycles. The number of halogens is 1. The zero-order valence-electron chi connectivity index (χ0n) is 12.2. The number of hydrogen-bond acceptors (Lipinski definition) is 2. The first kappa shape index (κ1) is 15.5. The van der Waals surface area contributed by atoms with Crippen molar-refractivity contribution in [2.45, 2.75) is 33.1 Å². The molecule has 21 heavy (non-hydrogen) atoms. The number of aromatic nitrogens is 1. The van der Waals surface area contributed by atoms with Gasteiger partial charge in [0.15, 0.2) is 5.43 Å². The molecule has 0 radical (unpaired) electrons. The monoisotopic (exact) mass is 303 g/mol. The highest BCUT2D eigenvalue weighted by Crippen LogP contribution is 2.17. The molecule has 2 rings (SSSR count). The Morgan fingerprint density at radius 1 is 1.24 bits per heavy atom. The summed E-state index contributed by atoms with van der Waals surface area (Å²) in [6.07, 6.45) is 3.29. The molecule has 1 aromatic heterocycles. The number of benzene rings is 1. The lowest BCUT2D eigenvalue weighted by atomic mass is 10.1. The van der Waals surface area contributed by atoms with Gasteiger partial charge in [-0.2, -0.15) is 0 Å². The van der Waals surface area contributed by atoms with Crippen LogP contribution in [0.2, 0.25) is 0 Å². The van der Waals surface area contributed by atoms with Crippen LogP contribution in [-0.4, -0.2) is 9.81 Å². The van der Waals surface area contributed by atoms with E-state index in [4.69, 9.17) is 11.6 Å². The van der Waals surface area contributed by atoms with Crippen molar-refractivity contribution in [3.63, 3.8) is 0 Å². The van der Waals surface area contributed by atoms with Crippen molar-refractivity contribution in [3.05, 3.63) is 63.6 Å². The topological polar surface area (TPSA) is 39.1 Å². The lowest BCUT2D eigenvalue weighted by Gasteiger charge is -2.15. The summed E-state index contributed by atoms with van der Waals surface area (Å²) in [6.45, 7) is 4.01. The van der Waals surface area contributed by atoms with Crippen molar-refractivity contribution in [2.75, 3.05) is 0 Å². The standard InChI is InChI=1S/C17H18ClNO2/c1-3-13-6-4-5-7-15(13)19-11-14(8-9-17(18)21)16(20)10-12(19)2/h4-7,10-11H,3,8-9H2,1-2H3. The highest BCUT2D eigenvalue weighted by molar-refractivity contribution is 6.63. The van der Waals surface area contributed by atoms with E-state index in [0.29, 0.717) is 12.0 Å². The van der Waals surface area contributed by atoms with Gasteiger partial charge in [-0.15, -0.1) is 0 Å². The molecule has 1 heterocycles. The van der Waals surface area contributed by atoms with Crippen LogP contribution in [-0.2, 0) is 17.6 Å². The summed E-state index contributed by atoms with van der Waals surface area (Å²) < 4.78 is 2.01. The second-order valence-corrected chi connectivity index (χ2v) is 5.43. The molecule has 0 bridgehead atoms. The molecular weight excluding hydrogens is 286 g/mol. The Morgan fingerprint density at radius 3 is 2.62 bits per heavy atom. The van der Waals surface area contributed by atoms with Crippen molar-refractivity contribution in [3.8, 4) is 5.69 Å². The fraction of sp³-hybridized carbons (Fsp3) is 0.294. The quantitative estimate of drug-likeness (QED) is 0.794. The van der Waals surface area contributed by atoms with E-state index >= 15 is 0 Å². The molecule has 4 heteroatoms. The van der Waals surface area contributed by atoms with Gasteiger partial charge < -0.3 is 4.57 Å². The van der Waals surface area contributed by atoms with E-state index in [9.17, 15) is 9.59 Å². The van der Waals surface area contributed by atoms with Gasteiger partial charge in [0, 0.05) is 35.6 Å². The summed E-state index contributed by atoms with van der Waals surface area (Å²) in [5, 5.41) is -0.421. The lowest BCUT2D eigenvalue weighted by molar-refractivity contribution is -0.111. The zero-order chi connectivity index (χ0) is 15.4. The van der Waals surface area contributed by atoms with Crippen LogP contribution in [0.25, 0.3) is 5.69 Å². The molecule has 1 aromatic carbocycles.